The van der Waals surface area contributed by atoms with E-state index in [1.807, 2.05) is 11.4 Å². The Bertz CT molecular complexity index is 592. The average molecular weight is 274 g/mol. The molecule has 3 rings (SSSR count). The smallest absolute Gasteiger partial charge is 0.254 e. The van der Waals surface area contributed by atoms with E-state index in [0.29, 0.717) is 17.7 Å². The first-order chi connectivity index (χ1) is 9.70. The highest BCUT2D eigenvalue weighted by molar-refractivity contribution is 5.47. The minimum Gasteiger partial charge on any atom is -0.356 e. The van der Waals surface area contributed by atoms with Crippen molar-refractivity contribution in [1.82, 2.24) is 19.6 Å². The fraction of sp³-hybridized carbons (Fsp3) is 0.643. The molecule has 2 unspecified atom stereocenters. The molecule has 1 saturated carbocycles. The number of aromatic nitrogens is 4. The van der Waals surface area contributed by atoms with Crippen LogP contribution < -0.4 is 10.6 Å². The van der Waals surface area contributed by atoms with Crippen molar-refractivity contribution in [3.05, 3.63) is 18.1 Å². The Hall–Kier alpha value is -1.69. The average Bonchev–Trinajstić information content (AvgIpc) is 2.93. The molecule has 1 aliphatic rings. The lowest BCUT2D eigenvalue weighted by Crippen LogP contribution is -2.44. The summed E-state index contributed by atoms with van der Waals surface area (Å²) < 4.78 is 1.81. The van der Waals surface area contributed by atoms with Gasteiger partial charge in [0.15, 0.2) is 0 Å². The van der Waals surface area contributed by atoms with E-state index in [9.17, 15) is 0 Å². The summed E-state index contributed by atoms with van der Waals surface area (Å²) in [4.78, 5) is 10.9. The summed E-state index contributed by atoms with van der Waals surface area (Å²) in [5.74, 6) is 2.27. The van der Waals surface area contributed by atoms with Crippen LogP contribution in [0.2, 0.25) is 0 Å². The number of nitrogens with two attached hydrogens (primary N) is 1. The molecule has 0 bridgehead atoms. The molecule has 2 atom stereocenters. The van der Waals surface area contributed by atoms with Gasteiger partial charge in [0, 0.05) is 24.8 Å². The van der Waals surface area contributed by atoms with Gasteiger partial charge in [0.25, 0.3) is 5.78 Å². The third kappa shape index (κ3) is 2.24. The zero-order chi connectivity index (χ0) is 14.1. The topological polar surface area (TPSA) is 72.3 Å². The van der Waals surface area contributed by atoms with Gasteiger partial charge in [-0.05, 0) is 32.2 Å². The zero-order valence-electron chi connectivity index (χ0n) is 12.2. The van der Waals surface area contributed by atoms with E-state index >= 15 is 0 Å². The molecule has 0 amide bonds. The number of rotatable bonds is 3. The van der Waals surface area contributed by atoms with E-state index in [2.05, 4.69) is 33.1 Å². The first kappa shape index (κ1) is 13.3. The molecular formula is C14H22N6. The van der Waals surface area contributed by atoms with Crippen molar-refractivity contribution in [3.63, 3.8) is 0 Å². The van der Waals surface area contributed by atoms with Gasteiger partial charge in [-0.2, -0.15) is 14.6 Å². The number of anilines is 1. The maximum Gasteiger partial charge on any atom is 0.254 e. The lowest BCUT2D eigenvalue weighted by Gasteiger charge is -2.38. The zero-order valence-corrected chi connectivity index (χ0v) is 12.2. The molecule has 2 aromatic rings. The fourth-order valence-corrected chi connectivity index (χ4v) is 3.31. The highest BCUT2D eigenvalue weighted by Crippen LogP contribution is 2.30. The van der Waals surface area contributed by atoms with Crippen molar-refractivity contribution in [2.75, 3.05) is 18.5 Å². The van der Waals surface area contributed by atoms with Crippen LogP contribution in [0.15, 0.2) is 12.4 Å². The van der Waals surface area contributed by atoms with E-state index < -0.39 is 0 Å². The first-order valence-corrected chi connectivity index (χ1v) is 7.31. The SMILES string of the molecule is Cc1cc(N(C)C2CCCCC2CN)n2ncnc2n1. The number of hydrogen-bond acceptors (Lipinski definition) is 5. The van der Waals surface area contributed by atoms with Gasteiger partial charge >= 0.3 is 0 Å². The number of hydrogen-bond donors (Lipinski definition) is 1. The Morgan fingerprint density at radius 1 is 1.40 bits per heavy atom. The predicted molar refractivity (Wildman–Crippen MR) is 78.7 cm³/mol. The molecular weight excluding hydrogens is 252 g/mol. The van der Waals surface area contributed by atoms with Gasteiger partial charge in [-0.3, -0.25) is 0 Å². The lowest BCUT2D eigenvalue weighted by atomic mass is 9.84. The van der Waals surface area contributed by atoms with Gasteiger partial charge in [-0.1, -0.05) is 12.8 Å². The van der Waals surface area contributed by atoms with Crippen LogP contribution in [0.25, 0.3) is 5.78 Å². The summed E-state index contributed by atoms with van der Waals surface area (Å²) in [5.41, 5.74) is 6.92. The quantitative estimate of drug-likeness (QED) is 0.915. The van der Waals surface area contributed by atoms with Gasteiger partial charge in [0.1, 0.15) is 12.1 Å². The second-order valence-corrected chi connectivity index (χ2v) is 5.69. The normalized spacial score (nSPS) is 23.1. The number of aryl methyl sites for hydroxylation is 1. The summed E-state index contributed by atoms with van der Waals surface area (Å²) in [5, 5.41) is 4.30. The Kier molecular flexibility index (Phi) is 3.56. The Morgan fingerprint density at radius 3 is 3.00 bits per heavy atom. The molecule has 108 valence electrons. The lowest BCUT2D eigenvalue weighted by molar-refractivity contribution is 0.305. The van der Waals surface area contributed by atoms with Crippen LogP contribution in [0, 0.1) is 12.8 Å². The second-order valence-electron chi connectivity index (χ2n) is 5.69. The maximum atomic E-state index is 5.96. The molecule has 0 spiro atoms. The van der Waals surface area contributed by atoms with Crippen LogP contribution in [0.3, 0.4) is 0 Å². The van der Waals surface area contributed by atoms with Gasteiger partial charge in [-0.25, -0.2) is 4.98 Å². The molecule has 2 heterocycles. The summed E-state index contributed by atoms with van der Waals surface area (Å²) >= 11 is 0. The minimum atomic E-state index is 0.475. The van der Waals surface area contributed by atoms with Crippen LogP contribution in [0.4, 0.5) is 5.82 Å². The highest BCUT2D eigenvalue weighted by Gasteiger charge is 2.28. The molecule has 20 heavy (non-hydrogen) atoms. The molecule has 0 aromatic carbocycles. The van der Waals surface area contributed by atoms with E-state index in [0.717, 1.165) is 18.1 Å². The van der Waals surface area contributed by atoms with Crippen molar-refractivity contribution >= 4 is 11.6 Å². The molecule has 0 saturated heterocycles. The Balaban J connectivity index is 1.98. The first-order valence-electron chi connectivity index (χ1n) is 7.31. The monoisotopic (exact) mass is 274 g/mol. The third-order valence-electron chi connectivity index (χ3n) is 4.39. The van der Waals surface area contributed by atoms with Crippen molar-refractivity contribution in [2.45, 2.75) is 38.6 Å². The van der Waals surface area contributed by atoms with Crippen LogP contribution in [0.5, 0.6) is 0 Å². The van der Waals surface area contributed by atoms with Crippen LogP contribution in [0.1, 0.15) is 31.4 Å². The van der Waals surface area contributed by atoms with Crippen molar-refractivity contribution < 1.29 is 0 Å². The van der Waals surface area contributed by atoms with Crippen molar-refractivity contribution in [1.29, 1.82) is 0 Å². The largest absolute Gasteiger partial charge is 0.356 e. The number of nitrogens with zero attached hydrogens (tertiary/aromatic N) is 5. The van der Waals surface area contributed by atoms with Crippen LogP contribution in [-0.4, -0.2) is 39.2 Å². The Morgan fingerprint density at radius 2 is 2.20 bits per heavy atom. The molecule has 6 nitrogen and oxygen atoms in total. The molecule has 0 aliphatic heterocycles. The molecule has 1 aliphatic carbocycles. The van der Waals surface area contributed by atoms with E-state index in [-0.39, 0.29) is 0 Å². The summed E-state index contributed by atoms with van der Waals surface area (Å²) in [7, 11) is 2.13. The standard InChI is InChI=1S/C14H22N6/c1-10-7-13(20-14(18-10)16-9-17-20)19(2)12-6-4-3-5-11(12)8-15/h7,9,11-12H,3-6,8,15H2,1-2H3. The molecule has 0 radical (unpaired) electrons. The van der Waals surface area contributed by atoms with Crippen LogP contribution in [-0.2, 0) is 0 Å². The second kappa shape index (κ2) is 5.36. The summed E-state index contributed by atoms with van der Waals surface area (Å²) in [6.45, 7) is 2.74. The third-order valence-corrected chi connectivity index (χ3v) is 4.39. The molecule has 2 aromatic heterocycles. The van der Waals surface area contributed by atoms with Crippen molar-refractivity contribution in [3.8, 4) is 0 Å². The summed E-state index contributed by atoms with van der Waals surface area (Å²) in [6, 6.07) is 2.55. The Labute approximate surface area is 119 Å². The van der Waals surface area contributed by atoms with Crippen molar-refractivity contribution in [2.24, 2.45) is 11.7 Å². The number of fused-ring (bicyclic) bond motifs is 1. The van der Waals surface area contributed by atoms with E-state index in [1.165, 1.54) is 25.7 Å². The molecule has 6 heteroatoms. The van der Waals surface area contributed by atoms with Crippen LogP contribution >= 0.6 is 0 Å². The minimum absolute atomic E-state index is 0.475. The van der Waals surface area contributed by atoms with Gasteiger partial charge in [0.05, 0.1) is 0 Å². The summed E-state index contributed by atoms with van der Waals surface area (Å²) in [6.07, 6.45) is 6.53. The molecule has 1 fully saturated rings. The van der Waals surface area contributed by atoms with Gasteiger partial charge in [0.2, 0.25) is 0 Å². The van der Waals surface area contributed by atoms with E-state index in [4.69, 9.17) is 5.73 Å². The molecule has 2 N–H and O–H groups in total. The predicted octanol–water partition coefficient (Wildman–Crippen LogP) is 1.39. The fourth-order valence-electron chi connectivity index (χ4n) is 3.31. The maximum absolute atomic E-state index is 5.96. The highest BCUT2D eigenvalue weighted by atomic mass is 15.4. The van der Waals surface area contributed by atoms with E-state index in [1.54, 1.807) is 6.33 Å². The van der Waals surface area contributed by atoms with Gasteiger partial charge in [-0.15, -0.1) is 0 Å². The van der Waals surface area contributed by atoms with Gasteiger partial charge < -0.3 is 10.6 Å².